The zero-order valence-corrected chi connectivity index (χ0v) is 19.5. The zero-order chi connectivity index (χ0) is 22.4. The van der Waals surface area contributed by atoms with Gasteiger partial charge in [0.25, 0.3) is 5.91 Å². The van der Waals surface area contributed by atoms with E-state index < -0.39 is 11.1 Å². The number of hydrogen-bond donors (Lipinski definition) is 1. The molecule has 162 valence electrons. The Bertz CT molecular complexity index is 1130. The lowest BCUT2D eigenvalue weighted by molar-refractivity contribution is -0.135. The van der Waals surface area contributed by atoms with Crippen molar-refractivity contribution in [1.82, 2.24) is 20.0 Å². The predicted molar refractivity (Wildman–Crippen MR) is 123 cm³/mol. The van der Waals surface area contributed by atoms with Crippen molar-refractivity contribution in [3.63, 3.8) is 0 Å². The Morgan fingerprint density at radius 2 is 2.03 bits per heavy atom. The molecule has 2 amide bonds. The number of rotatable bonds is 4. The fourth-order valence-corrected chi connectivity index (χ4v) is 4.62. The molecule has 4 rings (SSSR count). The maximum Gasteiger partial charge on any atom is 0.273 e. The van der Waals surface area contributed by atoms with Gasteiger partial charge in [0.1, 0.15) is 16.9 Å². The van der Waals surface area contributed by atoms with Gasteiger partial charge < -0.3 is 10.2 Å². The Morgan fingerprint density at radius 3 is 2.68 bits per heavy atom. The van der Waals surface area contributed by atoms with Crippen molar-refractivity contribution < 1.29 is 9.59 Å². The summed E-state index contributed by atoms with van der Waals surface area (Å²) in [4.78, 5) is 29.7. The third-order valence-corrected chi connectivity index (χ3v) is 6.41. The summed E-state index contributed by atoms with van der Waals surface area (Å²) in [5.74, 6) is -0.442. The molecule has 0 fully saturated rings. The molecule has 1 aliphatic heterocycles. The largest absolute Gasteiger partial charge is 0.349 e. The van der Waals surface area contributed by atoms with Crippen LogP contribution in [-0.4, -0.2) is 37.6 Å². The van der Waals surface area contributed by atoms with Crippen LogP contribution in [0.15, 0.2) is 47.8 Å². The molecule has 1 atom stereocenters. The fourth-order valence-electron chi connectivity index (χ4n) is 3.73. The first-order valence-electron chi connectivity index (χ1n) is 10.1. The first kappa shape index (κ1) is 21.6. The van der Waals surface area contributed by atoms with Gasteiger partial charge in [-0.25, -0.2) is 0 Å². The third-order valence-electron chi connectivity index (χ3n) is 5.28. The highest BCUT2D eigenvalue weighted by Gasteiger charge is 2.48. The molecule has 6 nitrogen and oxygen atoms in total. The molecule has 2 aromatic heterocycles. The highest BCUT2D eigenvalue weighted by Crippen LogP contribution is 2.33. The Balaban J connectivity index is 1.77. The summed E-state index contributed by atoms with van der Waals surface area (Å²) in [6, 6.07) is 13.1. The lowest BCUT2D eigenvalue weighted by Gasteiger charge is -2.44. The number of nitrogens with zero attached hydrogens (tertiary/aromatic N) is 3. The molecule has 8 heteroatoms. The smallest absolute Gasteiger partial charge is 0.273 e. The van der Waals surface area contributed by atoms with Crippen molar-refractivity contribution in [3.05, 3.63) is 64.1 Å². The third kappa shape index (κ3) is 4.25. The lowest BCUT2D eigenvalue weighted by Crippen LogP contribution is -2.65. The number of fused-ring (bicyclic) bond motifs is 1. The van der Waals surface area contributed by atoms with Crippen LogP contribution in [0.5, 0.6) is 0 Å². The number of carbonyl (C=O) groups is 2. The number of amides is 2. The van der Waals surface area contributed by atoms with Crippen LogP contribution >= 0.6 is 22.9 Å². The summed E-state index contributed by atoms with van der Waals surface area (Å²) in [7, 11) is 0. The molecular formula is C23H25ClN4O2S. The zero-order valence-electron chi connectivity index (χ0n) is 18.0. The average molecular weight is 457 g/mol. The van der Waals surface area contributed by atoms with Crippen LogP contribution in [-0.2, 0) is 17.9 Å². The topological polar surface area (TPSA) is 67.2 Å². The van der Waals surface area contributed by atoms with Crippen molar-refractivity contribution in [2.75, 3.05) is 0 Å². The number of benzene rings is 1. The summed E-state index contributed by atoms with van der Waals surface area (Å²) in [6.07, 6.45) is 0. The van der Waals surface area contributed by atoms with Gasteiger partial charge in [-0.3, -0.25) is 14.3 Å². The van der Waals surface area contributed by atoms with E-state index in [2.05, 4.69) is 10.4 Å². The Labute approximate surface area is 190 Å². The van der Waals surface area contributed by atoms with E-state index in [9.17, 15) is 9.59 Å². The number of nitrogens with one attached hydrogen (secondary N) is 1. The number of aromatic nitrogens is 2. The molecule has 1 aromatic carbocycles. The van der Waals surface area contributed by atoms with Crippen LogP contribution in [0.25, 0.3) is 10.6 Å². The number of carbonyl (C=O) groups excluding carboxylic acids is 2. The highest BCUT2D eigenvalue weighted by molar-refractivity contribution is 7.13. The minimum atomic E-state index is -1.11. The molecule has 1 N–H and O–H groups in total. The normalized spacial score (nSPS) is 18.7. The molecule has 31 heavy (non-hydrogen) atoms. The van der Waals surface area contributed by atoms with Gasteiger partial charge in [0.05, 0.1) is 11.4 Å². The number of hydrogen-bond acceptors (Lipinski definition) is 4. The van der Waals surface area contributed by atoms with Crippen LogP contribution in [0.2, 0.25) is 5.02 Å². The Kier molecular flexibility index (Phi) is 5.43. The van der Waals surface area contributed by atoms with E-state index in [0.29, 0.717) is 10.7 Å². The molecular weight excluding hydrogens is 432 g/mol. The SMILES string of the molecule is CC(C)(C)NC(=O)[C@@]1(C)Cn2nc(-c3cccs3)cc2C(=O)N1Cc1cccc(Cl)c1. The molecule has 0 saturated carbocycles. The van der Waals surface area contributed by atoms with Crippen molar-refractivity contribution in [2.24, 2.45) is 0 Å². The number of halogens is 1. The first-order chi connectivity index (χ1) is 14.6. The van der Waals surface area contributed by atoms with E-state index in [-0.39, 0.29) is 24.9 Å². The summed E-state index contributed by atoms with van der Waals surface area (Å²) < 4.78 is 1.66. The van der Waals surface area contributed by atoms with E-state index >= 15 is 0 Å². The summed E-state index contributed by atoms with van der Waals surface area (Å²) in [6.45, 7) is 8.11. The first-order valence-corrected chi connectivity index (χ1v) is 11.3. The molecule has 0 bridgehead atoms. The van der Waals surface area contributed by atoms with E-state index in [4.69, 9.17) is 11.6 Å². The van der Waals surface area contributed by atoms with Crippen LogP contribution in [0.1, 0.15) is 43.7 Å². The molecule has 1 aliphatic rings. The number of thiophene rings is 1. The fraction of sp³-hybridized carbons (Fsp3) is 0.348. The second-order valence-corrected chi connectivity index (χ2v) is 10.4. The second-order valence-electron chi connectivity index (χ2n) is 9.05. The molecule has 3 aromatic rings. The van der Waals surface area contributed by atoms with E-state index in [1.807, 2.05) is 56.5 Å². The van der Waals surface area contributed by atoms with Gasteiger partial charge in [-0.05, 0) is 62.9 Å². The Hall–Kier alpha value is -2.64. The van der Waals surface area contributed by atoms with Crippen molar-refractivity contribution in [2.45, 2.75) is 51.9 Å². The summed E-state index contributed by atoms with van der Waals surface area (Å²) in [5, 5.41) is 10.3. The van der Waals surface area contributed by atoms with Gasteiger partial charge in [0.15, 0.2) is 0 Å². The van der Waals surface area contributed by atoms with Crippen molar-refractivity contribution in [3.8, 4) is 10.6 Å². The monoisotopic (exact) mass is 456 g/mol. The lowest BCUT2D eigenvalue weighted by atomic mass is 9.92. The average Bonchev–Trinajstić information content (AvgIpc) is 3.33. The minimum absolute atomic E-state index is 0.214. The predicted octanol–water partition coefficient (Wildman–Crippen LogP) is 4.59. The standard InChI is InChI=1S/C23H25ClN4O2S/c1-22(2,3)25-21(30)23(4)14-28-18(12-17(26-28)19-9-6-10-31-19)20(29)27(23)13-15-7-5-8-16(24)11-15/h5-12H,13-14H2,1-4H3,(H,25,30)/t23-/m1/s1. The quantitative estimate of drug-likeness (QED) is 0.624. The van der Waals surface area contributed by atoms with Gasteiger partial charge in [-0.1, -0.05) is 29.8 Å². The maximum absolute atomic E-state index is 13.6. The van der Waals surface area contributed by atoms with Gasteiger partial charge in [0, 0.05) is 17.1 Å². The van der Waals surface area contributed by atoms with E-state index in [1.165, 1.54) is 0 Å². The van der Waals surface area contributed by atoms with Crippen molar-refractivity contribution in [1.29, 1.82) is 0 Å². The molecule has 0 aliphatic carbocycles. The van der Waals surface area contributed by atoms with Crippen LogP contribution in [0.4, 0.5) is 0 Å². The van der Waals surface area contributed by atoms with E-state index in [0.717, 1.165) is 16.1 Å². The van der Waals surface area contributed by atoms with E-state index in [1.54, 1.807) is 40.0 Å². The van der Waals surface area contributed by atoms with Gasteiger partial charge >= 0.3 is 0 Å². The van der Waals surface area contributed by atoms with Crippen LogP contribution in [0, 0.1) is 0 Å². The molecule has 3 heterocycles. The van der Waals surface area contributed by atoms with Gasteiger partial charge in [-0.15, -0.1) is 11.3 Å². The summed E-state index contributed by atoms with van der Waals surface area (Å²) >= 11 is 7.73. The van der Waals surface area contributed by atoms with Crippen LogP contribution in [0.3, 0.4) is 0 Å². The minimum Gasteiger partial charge on any atom is -0.349 e. The van der Waals surface area contributed by atoms with Crippen molar-refractivity contribution >= 4 is 34.8 Å². The molecule has 0 saturated heterocycles. The van der Waals surface area contributed by atoms with Gasteiger partial charge in [0.2, 0.25) is 5.91 Å². The molecule has 0 unspecified atom stereocenters. The second kappa shape index (κ2) is 7.80. The molecule has 0 spiro atoms. The summed E-state index contributed by atoms with van der Waals surface area (Å²) in [5.41, 5.74) is 0.533. The van der Waals surface area contributed by atoms with Gasteiger partial charge in [-0.2, -0.15) is 5.10 Å². The molecule has 0 radical (unpaired) electrons. The van der Waals surface area contributed by atoms with Crippen LogP contribution < -0.4 is 5.32 Å². The maximum atomic E-state index is 13.6. The Morgan fingerprint density at radius 1 is 1.26 bits per heavy atom. The highest BCUT2D eigenvalue weighted by atomic mass is 35.5.